The van der Waals surface area contributed by atoms with E-state index in [1.807, 2.05) is 0 Å². The molecule has 0 unspecified atom stereocenters. The van der Waals surface area contributed by atoms with Gasteiger partial charge >= 0.3 is 0 Å². The fraction of sp³-hybridized carbons (Fsp3) is 0.167. The van der Waals surface area contributed by atoms with Crippen molar-refractivity contribution in [3.8, 4) is 11.8 Å². The number of amides is 1. The number of anilines is 1. The highest BCUT2D eigenvalue weighted by molar-refractivity contribution is 6.03. The molecule has 0 aliphatic heterocycles. The van der Waals surface area contributed by atoms with Crippen molar-refractivity contribution in [1.82, 2.24) is 20.2 Å². The topological polar surface area (TPSA) is 98.7 Å². The molecule has 0 saturated carbocycles. The molecule has 0 atom stereocenters. The third-order valence-corrected chi connectivity index (χ3v) is 2.19. The number of tetrazole rings is 1. The van der Waals surface area contributed by atoms with E-state index in [1.54, 1.807) is 31.3 Å². The average molecular weight is 256 g/mol. The van der Waals surface area contributed by atoms with Gasteiger partial charge in [-0.15, -0.1) is 5.10 Å². The minimum absolute atomic E-state index is 0.158. The van der Waals surface area contributed by atoms with Crippen LogP contribution in [0.2, 0.25) is 0 Å². The summed E-state index contributed by atoms with van der Waals surface area (Å²) in [7, 11) is 1.62. The quantitative estimate of drug-likeness (QED) is 0.723. The number of carbonyl (C=O) groups excluding carboxylic acids is 1. The van der Waals surface area contributed by atoms with Gasteiger partial charge in [-0.05, 0) is 23.4 Å². The van der Waals surface area contributed by atoms with Crippen molar-refractivity contribution in [3.63, 3.8) is 0 Å². The SMILES string of the molecule is Cn1nnc(NC(=O)c2cccc(C#CCN)c2)n1. The maximum absolute atomic E-state index is 11.9. The first-order chi connectivity index (χ1) is 9.19. The summed E-state index contributed by atoms with van der Waals surface area (Å²) in [6.45, 7) is 0.278. The first-order valence-corrected chi connectivity index (χ1v) is 5.53. The number of hydrogen-bond acceptors (Lipinski definition) is 5. The molecule has 0 fully saturated rings. The molecular formula is C12H12N6O. The summed E-state index contributed by atoms with van der Waals surface area (Å²) < 4.78 is 0. The second-order valence-corrected chi connectivity index (χ2v) is 3.64. The van der Waals surface area contributed by atoms with Crippen LogP contribution < -0.4 is 11.1 Å². The molecule has 0 aliphatic rings. The Morgan fingerprint density at radius 1 is 1.53 bits per heavy atom. The maximum Gasteiger partial charge on any atom is 0.270 e. The van der Waals surface area contributed by atoms with Crippen LogP contribution in [0.25, 0.3) is 0 Å². The van der Waals surface area contributed by atoms with Gasteiger partial charge in [-0.3, -0.25) is 10.1 Å². The standard InChI is InChI=1S/C12H12N6O/c1-18-16-12(15-17-18)14-11(19)10-6-2-4-9(8-10)5-3-7-13/h2,4,6,8H,7,13H2,1H3,(H,14,16,19). The number of nitrogens with two attached hydrogens (primary N) is 1. The summed E-state index contributed by atoms with van der Waals surface area (Å²) in [6, 6.07) is 6.91. The van der Waals surface area contributed by atoms with Crippen molar-refractivity contribution >= 4 is 11.9 Å². The van der Waals surface area contributed by atoms with Gasteiger partial charge in [0.15, 0.2) is 0 Å². The lowest BCUT2D eigenvalue weighted by Gasteiger charge is -2.00. The Kier molecular flexibility index (Phi) is 3.85. The molecule has 2 rings (SSSR count). The Morgan fingerprint density at radius 2 is 2.37 bits per heavy atom. The molecular weight excluding hydrogens is 244 g/mol. The molecule has 0 aliphatic carbocycles. The van der Waals surface area contributed by atoms with Gasteiger partial charge in [0.2, 0.25) is 0 Å². The van der Waals surface area contributed by atoms with E-state index in [0.717, 1.165) is 5.56 Å². The fourth-order valence-corrected chi connectivity index (χ4v) is 1.40. The highest BCUT2D eigenvalue weighted by Crippen LogP contribution is 2.06. The maximum atomic E-state index is 11.9. The summed E-state index contributed by atoms with van der Waals surface area (Å²) in [5, 5.41) is 13.7. The molecule has 0 spiro atoms. The van der Waals surface area contributed by atoms with Crippen molar-refractivity contribution < 1.29 is 4.79 Å². The van der Waals surface area contributed by atoms with Gasteiger partial charge in [0, 0.05) is 11.1 Å². The lowest BCUT2D eigenvalue weighted by Crippen LogP contribution is -2.13. The van der Waals surface area contributed by atoms with Gasteiger partial charge in [0.05, 0.1) is 13.6 Å². The number of rotatable bonds is 2. The van der Waals surface area contributed by atoms with E-state index in [4.69, 9.17) is 5.73 Å². The van der Waals surface area contributed by atoms with Gasteiger partial charge in [0.1, 0.15) is 0 Å². The van der Waals surface area contributed by atoms with E-state index in [0.29, 0.717) is 5.56 Å². The summed E-state index contributed by atoms with van der Waals surface area (Å²) in [6.07, 6.45) is 0. The molecule has 1 amide bonds. The van der Waals surface area contributed by atoms with Gasteiger partial charge in [-0.2, -0.15) is 4.80 Å². The molecule has 7 heteroatoms. The number of hydrogen-bond donors (Lipinski definition) is 2. The normalized spacial score (nSPS) is 9.58. The summed E-state index contributed by atoms with van der Waals surface area (Å²) in [5.41, 5.74) is 6.50. The second kappa shape index (κ2) is 5.75. The fourth-order valence-electron chi connectivity index (χ4n) is 1.40. The zero-order valence-electron chi connectivity index (χ0n) is 10.3. The van der Waals surface area contributed by atoms with Crippen LogP contribution in [0, 0.1) is 11.8 Å². The molecule has 0 bridgehead atoms. The Balaban J connectivity index is 2.15. The van der Waals surface area contributed by atoms with E-state index in [-0.39, 0.29) is 18.4 Å². The Labute approximate surface area is 109 Å². The van der Waals surface area contributed by atoms with Crippen LogP contribution in [0.3, 0.4) is 0 Å². The van der Waals surface area contributed by atoms with Crippen molar-refractivity contribution in [2.45, 2.75) is 0 Å². The summed E-state index contributed by atoms with van der Waals surface area (Å²) in [5.74, 6) is 5.44. The van der Waals surface area contributed by atoms with Gasteiger partial charge in [-0.1, -0.05) is 23.0 Å². The van der Waals surface area contributed by atoms with E-state index >= 15 is 0 Å². The van der Waals surface area contributed by atoms with Crippen LogP contribution in [-0.4, -0.2) is 32.7 Å². The van der Waals surface area contributed by atoms with Crippen molar-refractivity contribution in [2.24, 2.45) is 12.8 Å². The lowest BCUT2D eigenvalue weighted by molar-refractivity contribution is 0.102. The lowest BCUT2D eigenvalue weighted by atomic mass is 10.1. The van der Waals surface area contributed by atoms with E-state index in [9.17, 15) is 4.79 Å². The number of aryl methyl sites for hydroxylation is 1. The van der Waals surface area contributed by atoms with Crippen LogP contribution in [0.5, 0.6) is 0 Å². The molecule has 1 heterocycles. The molecule has 96 valence electrons. The number of benzene rings is 1. The number of carbonyl (C=O) groups is 1. The number of nitrogens with zero attached hydrogens (tertiary/aromatic N) is 4. The Bertz CT molecular complexity index is 651. The van der Waals surface area contributed by atoms with Crippen LogP contribution >= 0.6 is 0 Å². The molecule has 3 N–H and O–H groups in total. The summed E-state index contributed by atoms with van der Waals surface area (Å²) >= 11 is 0. The molecule has 1 aromatic heterocycles. The van der Waals surface area contributed by atoms with Crippen LogP contribution in [0.4, 0.5) is 5.95 Å². The van der Waals surface area contributed by atoms with E-state index in [2.05, 4.69) is 32.6 Å². The van der Waals surface area contributed by atoms with Crippen LogP contribution in [0.1, 0.15) is 15.9 Å². The minimum Gasteiger partial charge on any atom is -0.320 e. The summed E-state index contributed by atoms with van der Waals surface area (Å²) in [4.78, 5) is 13.2. The monoisotopic (exact) mass is 256 g/mol. The smallest absolute Gasteiger partial charge is 0.270 e. The average Bonchev–Trinajstić information content (AvgIpc) is 2.82. The number of nitrogens with one attached hydrogen (secondary N) is 1. The Morgan fingerprint density at radius 3 is 3.05 bits per heavy atom. The predicted molar refractivity (Wildman–Crippen MR) is 69.1 cm³/mol. The molecule has 0 saturated heterocycles. The first kappa shape index (κ1) is 12.7. The van der Waals surface area contributed by atoms with E-state index in [1.165, 1.54) is 4.80 Å². The highest BCUT2D eigenvalue weighted by atomic mass is 16.1. The van der Waals surface area contributed by atoms with Gasteiger partial charge in [0.25, 0.3) is 11.9 Å². The van der Waals surface area contributed by atoms with Gasteiger partial charge in [-0.25, -0.2) is 0 Å². The van der Waals surface area contributed by atoms with Crippen LogP contribution in [0.15, 0.2) is 24.3 Å². The van der Waals surface area contributed by atoms with Crippen molar-refractivity contribution in [1.29, 1.82) is 0 Å². The van der Waals surface area contributed by atoms with Crippen LogP contribution in [-0.2, 0) is 7.05 Å². The predicted octanol–water partition coefficient (Wildman–Crippen LogP) is -0.227. The highest BCUT2D eigenvalue weighted by Gasteiger charge is 2.09. The molecule has 7 nitrogen and oxygen atoms in total. The molecule has 1 aromatic carbocycles. The zero-order valence-corrected chi connectivity index (χ0v) is 10.3. The Hall–Kier alpha value is -2.72. The minimum atomic E-state index is -0.315. The third kappa shape index (κ3) is 3.37. The van der Waals surface area contributed by atoms with Gasteiger partial charge < -0.3 is 5.73 Å². The first-order valence-electron chi connectivity index (χ1n) is 5.53. The molecule has 0 radical (unpaired) electrons. The van der Waals surface area contributed by atoms with Crippen molar-refractivity contribution in [3.05, 3.63) is 35.4 Å². The molecule has 19 heavy (non-hydrogen) atoms. The van der Waals surface area contributed by atoms with E-state index < -0.39 is 0 Å². The second-order valence-electron chi connectivity index (χ2n) is 3.64. The number of aromatic nitrogens is 4. The van der Waals surface area contributed by atoms with Crippen molar-refractivity contribution in [2.75, 3.05) is 11.9 Å². The zero-order chi connectivity index (χ0) is 13.7. The molecule has 2 aromatic rings. The third-order valence-electron chi connectivity index (χ3n) is 2.19. The largest absolute Gasteiger partial charge is 0.320 e.